The van der Waals surface area contributed by atoms with Gasteiger partial charge in [-0.15, -0.1) is 0 Å². The van der Waals surface area contributed by atoms with Crippen molar-refractivity contribution in [1.29, 1.82) is 0 Å². The van der Waals surface area contributed by atoms with E-state index in [2.05, 4.69) is 22.5 Å². The minimum atomic E-state index is -0.867. The van der Waals surface area contributed by atoms with Gasteiger partial charge in [0.15, 0.2) is 5.17 Å². The van der Waals surface area contributed by atoms with Crippen LogP contribution in [0, 0.1) is 0 Å². The molecule has 8 nitrogen and oxygen atoms in total. The van der Waals surface area contributed by atoms with Crippen molar-refractivity contribution in [2.24, 2.45) is 9.98 Å². The molecule has 204 valence electrons. The quantitative estimate of drug-likeness (QED) is 0.386. The van der Waals surface area contributed by atoms with Gasteiger partial charge in [0, 0.05) is 17.8 Å². The van der Waals surface area contributed by atoms with Gasteiger partial charge in [0.1, 0.15) is 11.9 Å². The summed E-state index contributed by atoms with van der Waals surface area (Å²) in [5.41, 5.74) is 4.28. The van der Waals surface area contributed by atoms with E-state index in [1.54, 1.807) is 0 Å². The van der Waals surface area contributed by atoms with Crippen molar-refractivity contribution in [2.75, 3.05) is 5.32 Å². The Morgan fingerprint density at radius 2 is 1.68 bits per heavy atom. The second-order valence-electron chi connectivity index (χ2n) is 9.57. The molecule has 0 spiro atoms. The highest BCUT2D eigenvalue weighted by molar-refractivity contribution is 8.15. The number of rotatable bonds is 9. The number of anilines is 1. The molecule has 0 bridgehead atoms. The second kappa shape index (κ2) is 12.3. The molecule has 40 heavy (non-hydrogen) atoms. The number of hydrogen-bond acceptors (Lipinski definition) is 6. The molecule has 2 aliphatic rings. The van der Waals surface area contributed by atoms with Crippen LogP contribution in [0.3, 0.4) is 0 Å². The molecule has 5 rings (SSSR count). The summed E-state index contributed by atoms with van der Waals surface area (Å²) >= 11 is 1.23. The first-order valence-corrected chi connectivity index (χ1v) is 14.3. The van der Waals surface area contributed by atoms with E-state index in [1.165, 1.54) is 22.2 Å². The van der Waals surface area contributed by atoms with Crippen molar-refractivity contribution >= 4 is 51.9 Å². The van der Waals surface area contributed by atoms with E-state index in [1.807, 2.05) is 85.8 Å². The Kier molecular flexibility index (Phi) is 8.40. The third-order valence-electron chi connectivity index (χ3n) is 6.80. The van der Waals surface area contributed by atoms with Crippen LogP contribution in [0.2, 0.25) is 0 Å². The normalized spacial score (nSPS) is 16.4. The number of nitrogens with zero attached hydrogens (tertiary/aromatic N) is 3. The maximum Gasteiger partial charge on any atom is 0.259 e. The third-order valence-corrected chi connectivity index (χ3v) is 8.12. The number of carbonyl (C=O) groups excluding carboxylic acids is 3. The Labute approximate surface area is 238 Å². The van der Waals surface area contributed by atoms with Crippen LogP contribution in [0.25, 0.3) is 0 Å². The maximum absolute atomic E-state index is 13.6. The number of para-hydroxylation sites is 1. The largest absolute Gasteiger partial charge is 0.352 e. The number of thioether (sulfide) groups is 1. The summed E-state index contributed by atoms with van der Waals surface area (Å²) in [7, 11) is 0. The summed E-state index contributed by atoms with van der Waals surface area (Å²) in [5.74, 6) is -0.286. The van der Waals surface area contributed by atoms with Gasteiger partial charge in [-0.2, -0.15) is 0 Å². The molecule has 9 heteroatoms. The predicted octanol–water partition coefficient (Wildman–Crippen LogP) is 5.06. The molecule has 2 aliphatic heterocycles. The number of carbonyl (C=O) groups is 3. The SMILES string of the molecule is CCc1ccc(NC(=O)[C@@H](CC)SC2=Nc3ccccc3C3=N[C@H](CC(=O)NCc4ccccc4)C(=O)N23)cc1. The van der Waals surface area contributed by atoms with Crippen molar-refractivity contribution in [1.82, 2.24) is 10.2 Å². The fourth-order valence-electron chi connectivity index (χ4n) is 4.55. The summed E-state index contributed by atoms with van der Waals surface area (Å²) in [6.45, 7) is 4.38. The number of hydrogen-bond donors (Lipinski definition) is 2. The molecule has 2 N–H and O–H groups in total. The number of amidine groups is 2. The molecule has 3 amide bonds. The summed E-state index contributed by atoms with van der Waals surface area (Å²) in [4.78, 5) is 50.4. The summed E-state index contributed by atoms with van der Waals surface area (Å²) in [5, 5.41) is 5.76. The van der Waals surface area contributed by atoms with E-state index in [4.69, 9.17) is 4.99 Å². The highest BCUT2D eigenvalue weighted by Crippen LogP contribution is 2.35. The first-order chi connectivity index (χ1) is 19.5. The Morgan fingerprint density at radius 1 is 0.950 bits per heavy atom. The first kappa shape index (κ1) is 27.3. The molecule has 2 heterocycles. The molecule has 0 radical (unpaired) electrons. The Hall–Kier alpha value is -4.24. The minimum absolute atomic E-state index is 0.0722. The van der Waals surface area contributed by atoms with Crippen LogP contribution < -0.4 is 10.6 Å². The van der Waals surface area contributed by atoms with Crippen molar-refractivity contribution in [3.05, 3.63) is 95.6 Å². The lowest BCUT2D eigenvalue weighted by atomic mass is 10.1. The average molecular weight is 554 g/mol. The fourth-order valence-corrected chi connectivity index (χ4v) is 5.57. The molecular formula is C31H31N5O3S. The topological polar surface area (TPSA) is 103 Å². The smallest absolute Gasteiger partial charge is 0.259 e. The predicted molar refractivity (Wildman–Crippen MR) is 160 cm³/mol. The molecule has 0 aromatic heterocycles. The van der Waals surface area contributed by atoms with E-state index in [9.17, 15) is 14.4 Å². The summed E-state index contributed by atoms with van der Waals surface area (Å²) < 4.78 is 0. The van der Waals surface area contributed by atoms with E-state index >= 15 is 0 Å². The lowest BCUT2D eigenvalue weighted by Gasteiger charge is -2.27. The van der Waals surface area contributed by atoms with E-state index in [0.29, 0.717) is 29.7 Å². The van der Waals surface area contributed by atoms with Gasteiger partial charge in [0.05, 0.1) is 17.4 Å². The van der Waals surface area contributed by atoms with Crippen molar-refractivity contribution in [3.63, 3.8) is 0 Å². The van der Waals surface area contributed by atoms with Gasteiger partial charge in [-0.25, -0.2) is 9.89 Å². The van der Waals surface area contributed by atoms with E-state index in [0.717, 1.165) is 23.2 Å². The van der Waals surface area contributed by atoms with Crippen molar-refractivity contribution < 1.29 is 14.4 Å². The van der Waals surface area contributed by atoms with Crippen LogP contribution in [0.15, 0.2) is 88.8 Å². The van der Waals surface area contributed by atoms with Crippen molar-refractivity contribution in [2.45, 2.75) is 50.9 Å². The Bertz CT molecular complexity index is 1470. The van der Waals surface area contributed by atoms with E-state index in [-0.39, 0.29) is 24.1 Å². The van der Waals surface area contributed by atoms with Crippen LogP contribution in [-0.2, 0) is 27.3 Å². The monoisotopic (exact) mass is 553 g/mol. The molecule has 3 aromatic rings. The van der Waals surface area contributed by atoms with Crippen LogP contribution >= 0.6 is 11.8 Å². The molecule has 0 saturated carbocycles. The summed E-state index contributed by atoms with van der Waals surface area (Å²) in [6, 6.07) is 24.0. The molecular weight excluding hydrogens is 522 g/mol. The highest BCUT2D eigenvalue weighted by Gasteiger charge is 2.43. The summed E-state index contributed by atoms with van der Waals surface area (Å²) in [6.07, 6.45) is 1.38. The molecule has 0 aliphatic carbocycles. The lowest BCUT2D eigenvalue weighted by Crippen LogP contribution is -2.43. The van der Waals surface area contributed by atoms with Gasteiger partial charge in [-0.05, 0) is 48.2 Å². The molecule has 0 unspecified atom stereocenters. The molecule has 0 fully saturated rings. The fraction of sp³-hybridized carbons (Fsp3) is 0.258. The molecule has 3 aromatic carbocycles. The van der Waals surface area contributed by atoms with Crippen molar-refractivity contribution in [3.8, 4) is 0 Å². The molecule has 2 atom stereocenters. The highest BCUT2D eigenvalue weighted by atomic mass is 32.2. The number of aryl methyl sites for hydroxylation is 1. The number of benzene rings is 3. The number of aliphatic imine (C=N–C) groups is 2. The standard InChI is InChI=1S/C31H31N5O3S/c1-3-20-14-16-22(17-15-20)33-29(38)26(4-2)40-31-35-24-13-9-8-12-23(24)28-34-25(30(39)36(28)31)18-27(37)32-19-21-10-6-5-7-11-21/h5-17,25-26H,3-4,18-19H2,1-2H3,(H,32,37)(H,33,38)/t25-,26-/m1/s1. The zero-order valence-corrected chi connectivity index (χ0v) is 23.3. The van der Waals surface area contributed by atoms with Gasteiger partial charge >= 0.3 is 0 Å². The van der Waals surface area contributed by atoms with Gasteiger partial charge in [0.25, 0.3) is 5.91 Å². The van der Waals surface area contributed by atoms with Crippen LogP contribution in [0.5, 0.6) is 0 Å². The van der Waals surface area contributed by atoms with Gasteiger partial charge in [-0.3, -0.25) is 19.4 Å². The Balaban J connectivity index is 1.32. The zero-order valence-electron chi connectivity index (χ0n) is 22.5. The number of amides is 3. The second-order valence-corrected chi connectivity index (χ2v) is 10.7. The van der Waals surface area contributed by atoms with Crippen LogP contribution in [-0.4, -0.2) is 44.9 Å². The Morgan fingerprint density at radius 3 is 2.40 bits per heavy atom. The minimum Gasteiger partial charge on any atom is -0.352 e. The average Bonchev–Trinajstić information content (AvgIpc) is 3.31. The maximum atomic E-state index is 13.6. The van der Waals surface area contributed by atoms with E-state index < -0.39 is 11.3 Å². The number of fused-ring (bicyclic) bond motifs is 3. The van der Waals surface area contributed by atoms with Gasteiger partial charge in [-0.1, -0.05) is 80.2 Å². The molecule has 0 saturated heterocycles. The van der Waals surface area contributed by atoms with Gasteiger partial charge < -0.3 is 10.6 Å². The van der Waals surface area contributed by atoms with Gasteiger partial charge in [0.2, 0.25) is 11.8 Å². The van der Waals surface area contributed by atoms with Crippen LogP contribution in [0.4, 0.5) is 11.4 Å². The lowest BCUT2D eigenvalue weighted by molar-refractivity contribution is -0.128. The number of nitrogens with one attached hydrogen (secondary N) is 2. The van der Waals surface area contributed by atoms with Crippen LogP contribution in [0.1, 0.15) is 43.4 Å². The zero-order chi connectivity index (χ0) is 28.1. The first-order valence-electron chi connectivity index (χ1n) is 13.4. The third kappa shape index (κ3) is 5.99.